The van der Waals surface area contributed by atoms with Crippen LogP contribution in [-0.4, -0.2) is 34.9 Å². The number of nitrogens with zero attached hydrogens (tertiary/aromatic N) is 2. The predicted molar refractivity (Wildman–Crippen MR) is 121 cm³/mol. The first-order chi connectivity index (χ1) is 15.1. The number of primary amides is 1. The second-order valence-corrected chi connectivity index (χ2v) is 7.03. The molecule has 0 aliphatic rings. The molecule has 7 heteroatoms. The molecule has 1 radical (unpaired) electrons. The summed E-state index contributed by atoms with van der Waals surface area (Å²) in [4.78, 5) is 31.2. The Labute approximate surface area is 182 Å². The number of rotatable bonds is 11. The van der Waals surface area contributed by atoms with Crippen LogP contribution in [0.2, 0.25) is 0 Å². The van der Waals surface area contributed by atoms with Gasteiger partial charge in [0.05, 0.1) is 6.42 Å². The zero-order valence-electron chi connectivity index (χ0n) is 17.3. The second kappa shape index (κ2) is 11.4. The summed E-state index contributed by atoms with van der Waals surface area (Å²) in [5.74, 6) is -0.291. The molecule has 1 heterocycles. The van der Waals surface area contributed by atoms with Crippen molar-refractivity contribution < 1.29 is 9.59 Å². The second-order valence-electron chi connectivity index (χ2n) is 7.03. The molecule has 0 aliphatic carbocycles. The Morgan fingerprint density at radius 1 is 0.903 bits per heavy atom. The molecule has 0 spiro atoms. The molecule has 0 bridgehead atoms. The quantitative estimate of drug-likeness (QED) is 0.416. The average molecular weight is 417 g/mol. The lowest BCUT2D eigenvalue weighted by Gasteiger charge is -2.07. The molecule has 2 amide bonds. The van der Waals surface area contributed by atoms with Gasteiger partial charge < -0.3 is 16.4 Å². The monoisotopic (exact) mass is 416 g/mol. The summed E-state index contributed by atoms with van der Waals surface area (Å²) in [6.07, 6.45) is 5.38. The van der Waals surface area contributed by atoms with E-state index in [1.807, 2.05) is 30.3 Å². The van der Waals surface area contributed by atoms with Crippen molar-refractivity contribution in [2.24, 2.45) is 5.73 Å². The summed E-state index contributed by atoms with van der Waals surface area (Å²) in [5.41, 5.74) is 8.81. The first-order valence-electron chi connectivity index (χ1n) is 10.2. The van der Waals surface area contributed by atoms with Crippen LogP contribution in [0.15, 0.2) is 66.9 Å². The molecule has 0 unspecified atom stereocenters. The Morgan fingerprint density at radius 2 is 1.61 bits per heavy atom. The van der Waals surface area contributed by atoms with Crippen molar-refractivity contribution in [3.8, 4) is 11.1 Å². The number of unbranched alkanes of at least 4 members (excludes halogenated alkanes) is 1. The van der Waals surface area contributed by atoms with Gasteiger partial charge in [0, 0.05) is 19.3 Å². The highest BCUT2D eigenvalue weighted by Gasteiger charge is 2.05. The van der Waals surface area contributed by atoms with Crippen LogP contribution >= 0.6 is 0 Å². The van der Waals surface area contributed by atoms with Crippen LogP contribution in [0, 0.1) is 6.42 Å². The van der Waals surface area contributed by atoms with Gasteiger partial charge in [0.1, 0.15) is 5.69 Å². The van der Waals surface area contributed by atoms with E-state index in [9.17, 15) is 9.59 Å². The maximum absolute atomic E-state index is 12.0. The largest absolute Gasteiger partial charge is 0.364 e. The van der Waals surface area contributed by atoms with Gasteiger partial charge in [-0.2, -0.15) is 0 Å². The zero-order chi connectivity index (χ0) is 21.9. The summed E-state index contributed by atoms with van der Waals surface area (Å²) >= 11 is 0. The molecular formula is C24H26N5O2. The predicted octanol–water partition coefficient (Wildman–Crippen LogP) is 3.00. The van der Waals surface area contributed by atoms with Crippen LogP contribution in [0.4, 0.5) is 5.95 Å². The van der Waals surface area contributed by atoms with Crippen LogP contribution < -0.4 is 16.4 Å². The first kappa shape index (κ1) is 22.0. The maximum Gasteiger partial charge on any atom is 0.267 e. The SMILES string of the molecule is NC(=O)c1ccnc(NCCCCNC(=O)[CH]Cc2ccc(-c3ccccc3)cc2)n1. The molecule has 1 aromatic heterocycles. The average Bonchev–Trinajstić information content (AvgIpc) is 2.81. The number of aromatic nitrogens is 2. The van der Waals surface area contributed by atoms with E-state index in [1.165, 1.54) is 17.8 Å². The minimum atomic E-state index is -0.587. The van der Waals surface area contributed by atoms with Crippen molar-refractivity contribution in [3.05, 3.63) is 84.5 Å². The van der Waals surface area contributed by atoms with E-state index in [0.29, 0.717) is 25.5 Å². The number of anilines is 1. The fourth-order valence-electron chi connectivity index (χ4n) is 2.99. The van der Waals surface area contributed by atoms with Crippen molar-refractivity contribution in [2.75, 3.05) is 18.4 Å². The number of nitrogens with one attached hydrogen (secondary N) is 2. The van der Waals surface area contributed by atoms with Gasteiger partial charge in [0.25, 0.3) is 5.91 Å². The number of hydrogen-bond acceptors (Lipinski definition) is 5. The van der Waals surface area contributed by atoms with Gasteiger partial charge in [-0.15, -0.1) is 0 Å². The minimum Gasteiger partial charge on any atom is -0.364 e. The standard InChI is InChI=1S/C24H26N5O2/c25-23(31)21-14-17-28-24(29-21)27-16-5-4-15-26-22(30)13-10-18-8-11-20(12-9-18)19-6-2-1-3-7-19/h1-3,6-9,11-14,17H,4-5,10,15-16H2,(H2,25,31)(H,26,30)(H,27,28,29). The normalized spacial score (nSPS) is 10.5. The summed E-state index contributed by atoms with van der Waals surface area (Å²) in [5, 5.41) is 5.94. The molecule has 0 aliphatic heterocycles. The van der Waals surface area contributed by atoms with Gasteiger partial charge in [-0.3, -0.25) is 9.59 Å². The van der Waals surface area contributed by atoms with Gasteiger partial charge in [-0.05, 0) is 42.0 Å². The van der Waals surface area contributed by atoms with Crippen LogP contribution in [0.1, 0.15) is 28.9 Å². The molecule has 0 saturated carbocycles. The third kappa shape index (κ3) is 7.22. The summed E-state index contributed by atoms with van der Waals surface area (Å²) in [7, 11) is 0. The molecular weight excluding hydrogens is 390 g/mol. The number of hydrogen-bond donors (Lipinski definition) is 3. The van der Waals surface area contributed by atoms with Crippen molar-refractivity contribution in [1.82, 2.24) is 15.3 Å². The van der Waals surface area contributed by atoms with Crippen LogP contribution in [0.25, 0.3) is 11.1 Å². The lowest BCUT2D eigenvalue weighted by Crippen LogP contribution is -2.25. The molecule has 0 atom stereocenters. The van der Waals surface area contributed by atoms with E-state index in [2.05, 4.69) is 44.9 Å². The maximum atomic E-state index is 12.0. The molecule has 7 nitrogen and oxygen atoms in total. The summed E-state index contributed by atoms with van der Waals surface area (Å²) in [6, 6.07) is 19.9. The van der Waals surface area contributed by atoms with Gasteiger partial charge in [-0.1, -0.05) is 54.6 Å². The van der Waals surface area contributed by atoms with Crippen molar-refractivity contribution >= 4 is 17.8 Å². The van der Waals surface area contributed by atoms with E-state index in [4.69, 9.17) is 5.73 Å². The lowest BCUT2D eigenvalue weighted by atomic mass is 10.0. The fraction of sp³-hybridized carbons (Fsp3) is 0.208. The minimum absolute atomic E-state index is 0.0717. The van der Waals surface area contributed by atoms with Crippen LogP contribution in [-0.2, 0) is 11.2 Å². The molecule has 0 saturated heterocycles. The van der Waals surface area contributed by atoms with Crippen molar-refractivity contribution in [1.29, 1.82) is 0 Å². The highest BCUT2D eigenvalue weighted by Crippen LogP contribution is 2.19. The Bertz CT molecular complexity index is 990. The van der Waals surface area contributed by atoms with Crippen LogP contribution in [0.5, 0.6) is 0 Å². The number of benzene rings is 2. The Balaban J connectivity index is 1.29. The van der Waals surface area contributed by atoms with Gasteiger partial charge in [0.15, 0.2) is 0 Å². The smallest absolute Gasteiger partial charge is 0.267 e. The topological polar surface area (TPSA) is 110 Å². The Kier molecular flexibility index (Phi) is 8.11. The zero-order valence-corrected chi connectivity index (χ0v) is 17.3. The molecule has 4 N–H and O–H groups in total. The summed E-state index contributed by atoms with van der Waals surface area (Å²) in [6.45, 7) is 1.22. The number of carbonyl (C=O) groups is 2. The van der Waals surface area contributed by atoms with E-state index in [1.54, 1.807) is 6.42 Å². The first-order valence-corrected chi connectivity index (χ1v) is 10.2. The van der Waals surface area contributed by atoms with Crippen molar-refractivity contribution in [3.63, 3.8) is 0 Å². The molecule has 3 rings (SSSR count). The van der Waals surface area contributed by atoms with E-state index >= 15 is 0 Å². The van der Waals surface area contributed by atoms with E-state index in [0.717, 1.165) is 24.0 Å². The highest BCUT2D eigenvalue weighted by molar-refractivity contribution is 5.90. The molecule has 31 heavy (non-hydrogen) atoms. The molecule has 3 aromatic rings. The molecule has 0 fully saturated rings. The van der Waals surface area contributed by atoms with E-state index < -0.39 is 5.91 Å². The Hall–Kier alpha value is -3.74. The molecule has 159 valence electrons. The lowest BCUT2D eigenvalue weighted by molar-refractivity contribution is -0.117. The van der Waals surface area contributed by atoms with Gasteiger partial charge in [0.2, 0.25) is 11.9 Å². The third-order valence-corrected chi connectivity index (χ3v) is 4.68. The van der Waals surface area contributed by atoms with Gasteiger partial charge in [-0.25, -0.2) is 9.97 Å². The van der Waals surface area contributed by atoms with E-state index in [-0.39, 0.29) is 11.6 Å². The fourth-order valence-corrected chi connectivity index (χ4v) is 2.99. The highest BCUT2D eigenvalue weighted by atomic mass is 16.2. The number of carbonyl (C=O) groups excluding carboxylic acids is 2. The Morgan fingerprint density at radius 3 is 2.35 bits per heavy atom. The summed E-state index contributed by atoms with van der Waals surface area (Å²) < 4.78 is 0. The number of amides is 2. The molecule has 2 aromatic carbocycles. The van der Waals surface area contributed by atoms with Crippen LogP contribution in [0.3, 0.4) is 0 Å². The number of nitrogens with two attached hydrogens (primary N) is 1. The van der Waals surface area contributed by atoms with Crippen molar-refractivity contribution in [2.45, 2.75) is 19.3 Å². The third-order valence-electron chi connectivity index (χ3n) is 4.68. The van der Waals surface area contributed by atoms with Gasteiger partial charge >= 0.3 is 0 Å².